The van der Waals surface area contributed by atoms with Gasteiger partial charge in [0, 0.05) is 19.2 Å². The van der Waals surface area contributed by atoms with Crippen molar-refractivity contribution < 1.29 is 14.5 Å². The molecule has 0 spiro atoms. The maximum Gasteiger partial charge on any atom is 0.269 e. The number of nitro benzene ring substituents is 1. The molecule has 1 aliphatic rings. The number of nitrogens with zero attached hydrogens (tertiary/aromatic N) is 2. The molecule has 1 aromatic rings. The lowest BCUT2D eigenvalue weighted by Crippen LogP contribution is -2.40. The molecule has 0 aliphatic carbocycles. The van der Waals surface area contributed by atoms with Crippen LogP contribution in [0, 0.1) is 10.1 Å². The highest BCUT2D eigenvalue weighted by Gasteiger charge is 2.24. The number of amides is 1. The molecule has 1 heterocycles. The van der Waals surface area contributed by atoms with E-state index in [1.165, 1.54) is 12.1 Å². The predicted octanol–water partition coefficient (Wildman–Crippen LogP) is 1.12. The highest BCUT2D eigenvalue weighted by molar-refractivity contribution is 5.77. The zero-order valence-electron chi connectivity index (χ0n) is 9.33. The summed E-state index contributed by atoms with van der Waals surface area (Å²) in [6.07, 6.45) is -0.210. The van der Waals surface area contributed by atoms with E-state index in [0.29, 0.717) is 6.54 Å². The maximum atomic E-state index is 11.2. The van der Waals surface area contributed by atoms with Crippen molar-refractivity contribution in [3.8, 4) is 0 Å². The number of non-ortho nitro benzene ring substituents is 1. The first kappa shape index (κ1) is 11.5. The molecular formula is C11H12N2O4. The molecule has 1 aliphatic heterocycles. The van der Waals surface area contributed by atoms with E-state index in [2.05, 4.69) is 0 Å². The molecule has 1 fully saturated rings. The van der Waals surface area contributed by atoms with Gasteiger partial charge in [-0.1, -0.05) is 0 Å². The smallest absolute Gasteiger partial charge is 0.269 e. The van der Waals surface area contributed by atoms with E-state index >= 15 is 0 Å². The van der Waals surface area contributed by atoms with Gasteiger partial charge in [-0.2, -0.15) is 0 Å². The third kappa shape index (κ3) is 2.42. The lowest BCUT2D eigenvalue weighted by atomic mass is 10.1. The van der Waals surface area contributed by atoms with Crippen molar-refractivity contribution in [3.05, 3.63) is 39.9 Å². The van der Waals surface area contributed by atoms with Crippen LogP contribution in [0.2, 0.25) is 0 Å². The number of benzene rings is 1. The first-order valence-electron chi connectivity index (χ1n) is 5.18. The van der Waals surface area contributed by atoms with Gasteiger partial charge in [0.25, 0.3) is 5.69 Å². The van der Waals surface area contributed by atoms with E-state index in [1.54, 1.807) is 24.1 Å². The summed E-state index contributed by atoms with van der Waals surface area (Å²) in [6.45, 7) is 0.523. The van der Waals surface area contributed by atoms with E-state index < -0.39 is 4.92 Å². The quantitative estimate of drug-likeness (QED) is 0.569. The van der Waals surface area contributed by atoms with Gasteiger partial charge in [0.2, 0.25) is 5.91 Å². The molecule has 0 saturated carbocycles. The summed E-state index contributed by atoms with van der Waals surface area (Å²) >= 11 is 0. The van der Waals surface area contributed by atoms with Gasteiger partial charge in [0.05, 0.1) is 11.5 Å². The summed E-state index contributed by atoms with van der Waals surface area (Å²) in [7, 11) is 1.71. The van der Waals surface area contributed by atoms with Gasteiger partial charge in [-0.25, -0.2) is 0 Å². The largest absolute Gasteiger partial charge is 0.362 e. The van der Waals surface area contributed by atoms with Crippen LogP contribution in [-0.4, -0.2) is 35.9 Å². The number of morpholine rings is 1. The second kappa shape index (κ2) is 4.50. The SMILES string of the molecule is CN1CC(c2ccc([N+](=O)[O-])cc2)OCC1=O. The van der Waals surface area contributed by atoms with Crippen molar-refractivity contribution in [3.63, 3.8) is 0 Å². The van der Waals surface area contributed by atoms with E-state index in [4.69, 9.17) is 4.74 Å². The Morgan fingerprint density at radius 2 is 2.06 bits per heavy atom. The van der Waals surface area contributed by atoms with Crippen LogP contribution in [-0.2, 0) is 9.53 Å². The normalized spacial score (nSPS) is 20.4. The second-order valence-corrected chi connectivity index (χ2v) is 3.92. The molecule has 1 saturated heterocycles. The van der Waals surface area contributed by atoms with Gasteiger partial charge in [0.1, 0.15) is 12.7 Å². The molecule has 0 N–H and O–H groups in total. The molecule has 2 rings (SSSR count). The van der Waals surface area contributed by atoms with Crippen LogP contribution in [0.15, 0.2) is 24.3 Å². The first-order valence-corrected chi connectivity index (χ1v) is 5.18. The average molecular weight is 236 g/mol. The van der Waals surface area contributed by atoms with Gasteiger partial charge in [-0.05, 0) is 17.7 Å². The summed E-state index contributed by atoms with van der Waals surface area (Å²) in [5, 5.41) is 10.5. The summed E-state index contributed by atoms with van der Waals surface area (Å²) in [4.78, 5) is 22.9. The van der Waals surface area contributed by atoms with Crippen molar-refractivity contribution in [2.45, 2.75) is 6.10 Å². The molecule has 0 bridgehead atoms. The summed E-state index contributed by atoms with van der Waals surface area (Å²) < 4.78 is 5.39. The van der Waals surface area contributed by atoms with Crippen molar-refractivity contribution >= 4 is 11.6 Å². The average Bonchev–Trinajstić information content (AvgIpc) is 2.33. The first-order chi connectivity index (χ1) is 8.08. The fourth-order valence-electron chi connectivity index (χ4n) is 1.70. The summed E-state index contributed by atoms with van der Waals surface area (Å²) in [6, 6.07) is 6.20. The zero-order chi connectivity index (χ0) is 12.4. The minimum Gasteiger partial charge on any atom is -0.362 e. The van der Waals surface area contributed by atoms with Crippen LogP contribution in [0.25, 0.3) is 0 Å². The van der Waals surface area contributed by atoms with Crippen LogP contribution in [0.4, 0.5) is 5.69 Å². The Hall–Kier alpha value is -1.95. The Bertz CT molecular complexity index is 443. The number of hydrogen-bond acceptors (Lipinski definition) is 4. The fraction of sp³-hybridized carbons (Fsp3) is 0.364. The Labute approximate surface area is 97.9 Å². The second-order valence-electron chi connectivity index (χ2n) is 3.92. The zero-order valence-corrected chi connectivity index (χ0v) is 9.33. The molecule has 17 heavy (non-hydrogen) atoms. The fourth-order valence-corrected chi connectivity index (χ4v) is 1.70. The van der Waals surface area contributed by atoms with Crippen LogP contribution >= 0.6 is 0 Å². The molecule has 6 nitrogen and oxygen atoms in total. The number of hydrogen-bond donors (Lipinski definition) is 0. The molecule has 1 atom stereocenters. The highest BCUT2D eigenvalue weighted by Crippen LogP contribution is 2.23. The van der Waals surface area contributed by atoms with Crippen molar-refractivity contribution in [1.29, 1.82) is 0 Å². The minimum atomic E-state index is -0.443. The lowest BCUT2D eigenvalue weighted by Gasteiger charge is -2.30. The maximum absolute atomic E-state index is 11.2. The van der Waals surface area contributed by atoms with Crippen LogP contribution < -0.4 is 0 Å². The third-order valence-electron chi connectivity index (χ3n) is 2.75. The van der Waals surface area contributed by atoms with Crippen LogP contribution in [0.3, 0.4) is 0 Å². The van der Waals surface area contributed by atoms with Gasteiger partial charge in [0.15, 0.2) is 0 Å². The number of carbonyl (C=O) groups is 1. The van der Waals surface area contributed by atoms with Crippen LogP contribution in [0.1, 0.15) is 11.7 Å². The number of ether oxygens (including phenoxy) is 1. The molecule has 1 aromatic carbocycles. The number of rotatable bonds is 2. The van der Waals surface area contributed by atoms with E-state index in [9.17, 15) is 14.9 Å². The van der Waals surface area contributed by atoms with E-state index in [1.807, 2.05) is 0 Å². The Kier molecular flexibility index (Phi) is 3.06. The minimum absolute atomic E-state index is 0.0500. The van der Waals surface area contributed by atoms with Gasteiger partial charge < -0.3 is 9.64 Å². The topological polar surface area (TPSA) is 72.7 Å². The number of nitro groups is 1. The summed E-state index contributed by atoms with van der Waals surface area (Å²) in [5.74, 6) is -0.0526. The van der Waals surface area contributed by atoms with Gasteiger partial charge in [-0.3, -0.25) is 14.9 Å². The van der Waals surface area contributed by atoms with Crippen molar-refractivity contribution in [2.75, 3.05) is 20.2 Å². The third-order valence-corrected chi connectivity index (χ3v) is 2.75. The Balaban J connectivity index is 2.12. The Morgan fingerprint density at radius 3 is 2.59 bits per heavy atom. The molecule has 6 heteroatoms. The Morgan fingerprint density at radius 1 is 1.41 bits per heavy atom. The van der Waals surface area contributed by atoms with Gasteiger partial charge in [-0.15, -0.1) is 0 Å². The monoisotopic (exact) mass is 236 g/mol. The summed E-state index contributed by atoms with van der Waals surface area (Å²) in [5.41, 5.74) is 0.893. The molecule has 1 unspecified atom stereocenters. The molecule has 0 aromatic heterocycles. The number of carbonyl (C=O) groups excluding carboxylic acids is 1. The highest BCUT2D eigenvalue weighted by atomic mass is 16.6. The molecular weight excluding hydrogens is 224 g/mol. The molecule has 1 amide bonds. The van der Waals surface area contributed by atoms with Crippen molar-refractivity contribution in [2.24, 2.45) is 0 Å². The van der Waals surface area contributed by atoms with E-state index in [0.717, 1.165) is 5.56 Å². The lowest BCUT2D eigenvalue weighted by molar-refractivity contribution is -0.384. The van der Waals surface area contributed by atoms with Crippen LogP contribution in [0.5, 0.6) is 0 Å². The van der Waals surface area contributed by atoms with E-state index in [-0.39, 0.29) is 24.3 Å². The molecule has 90 valence electrons. The number of likely N-dealkylation sites (N-methyl/N-ethyl adjacent to an activating group) is 1. The van der Waals surface area contributed by atoms with Gasteiger partial charge >= 0.3 is 0 Å². The predicted molar refractivity (Wildman–Crippen MR) is 59.4 cm³/mol. The standard InChI is InChI=1S/C11H12N2O4/c1-12-6-10(17-7-11(12)14)8-2-4-9(5-3-8)13(15)16/h2-5,10H,6-7H2,1H3. The van der Waals surface area contributed by atoms with Crippen molar-refractivity contribution in [1.82, 2.24) is 4.90 Å². The molecule has 0 radical (unpaired) electrons.